The molecule has 2 rings (SSSR count). The van der Waals surface area contributed by atoms with Crippen LogP contribution in [0, 0.1) is 10.1 Å². The van der Waals surface area contributed by atoms with Crippen molar-refractivity contribution in [1.29, 1.82) is 0 Å². The number of anilines is 2. The predicted molar refractivity (Wildman–Crippen MR) is 89.9 cm³/mol. The molecule has 0 aromatic heterocycles. The normalized spacial score (nSPS) is 16.3. The molecule has 0 bridgehead atoms. The van der Waals surface area contributed by atoms with Gasteiger partial charge in [-0.05, 0) is 13.0 Å². The molecule has 11 heteroatoms. The minimum absolute atomic E-state index is 0.00945. The van der Waals surface area contributed by atoms with Crippen LogP contribution in [0.2, 0.25) is 0 Å². The lowest BCUT2D eigenvalue weighted by Gasteiger charge is -2.34. The molecule has 0 spiro atoms. The third kappa shape index (κ3) is 5.20. The quantitative estimate of drug-likeness (QED) is 0.329. The number of hydrogen-bond donors (Lipinski definition) is 1. The van der Waals surface area contributed by atoms with E-state index in [4.69, 9.17) is 4.74 Å². The van der Waals surface area contributed by atoms with Crippen molar-refractivity contribution in [3.05, 3.63) is 27.8 Å². The van der Waals surface area contributed by atoms with Crippen molar-refractivity contribution in [2.45, 2.75) is 32.1 Å². The summed E-state index contributed by atoms with van der Waals surface area (Å²) in [5, 5.41) is 13.6. The van der Waals surface area contributed by atoms with Crippen LogP contribution in [-0.4, -0.2) is 49.5 Å². The zero-order valence-corrected chi connectivity index (χ0v) is 14.5. The fraction of sp³-hybridized carbons (Fsp3) is 0.562. The molecule has 0 aliphatic carbocycles. The number of carbonyl (C=O) groups excluding carboxylic acids is 1. The Bertz CT molecular complexity index is 705. The van der Waals surface area contributed by atoms with E-state index in [1.807, 2.05) is 0 Å². The van der Waals surface area contributed by atoms with E-state index in [0.29, 0.717) is 0 Å². The van der Waals surface area contributed by atoms with Crippen LogP contribution in [0.3, 0.4) is 0 Å². The summed E-state index contributed by atoms with van der Waals surface area (Å²) in [6, 6.07) is 2.09. The molecule has 150 valence electrons. The van der Waals surface area contributed by atoms with Gasteiger partial charge in [-0.15, -0.1) is 0 Å². The third-order valence-corrected chi connectivity index (χ3v) is 4.09. The number of nitro groups is 1. The monoisotopic (exact) mass is 393 g/mol. The summed E-state index contributed by atoms with van der Waals surface area (Å²) in [6.45, 7) is 0.537. The summed E-state index contributed by atoms with van der Waals surface area (Å²) in [5.41, 5.74) is -0.840. The van der Waals surface area contributed by atoms with Crippen LogP contribution in [0.5, 0.6) is 0 Å². The first-order valence-corrected chi connectivity index (χ1v) is 8.29. The van der Waals surface area contributed by atoms with Gasteiger partial charge in [-0.1, -0.05) is 0 Å². The van der Waals surface area contributed by atoms with E-state index in [0.717, 1.165) is 12.1 Å². The molecule has 1 aliphatic heterocycles. The predicted octanol–water partition coefficient (Wildman–Crippen LogP) is 3.68. The maximum absolute atomic E-state index is 13.4. The third-order valence-electron chi connectivity index (χ3n) is 4.09. The molecule has 1 fully saturated rings. The minimum atomic E-state index is -2.84. The molecular formula is C16H19F4N3O4. The van der Waals surface area contributed by atoms with E-state index in [9.17, 15) is 32.5 Å². The van der Waals surface area contributed by atoms with Crippen LogP contribution in [0.1, 0.15) is 30.1 Å². The topological polar surface area (TPSA) is 84.7 Å². The molecule has 1 aromatic carbocycles. The van der Waals surface area contributed by atoms with Crippen molar-refractivity contribution in [3.63, 3.8) is 0 Å². The van der Waals surface area contributed by atoms with Gasteiger partial charge in [-0.3, -0.25) is 10.1 Å². The highest BCUT2D eigenvalue weighted by molar-refractivity contribution is 5.98. The zero-order valence-electron chi connectivity index (χ0n) is 14.5. The number of benzene rings is 1. The zero-order chi connectivity index (χ0) is 20.2. The molecule has 1 aliphatic rings. The van der Waals surface area contributed by atoms with Crippen LogP contribution in [0.25, 0.3) is 0 Å². The van der Waals surface area contributed by atoms with Crippen molar-refractivity contribution < 1.29 is 32.0 Å². The van der Waals surface area contributed by atoms with Gasteiger partial charge >= 0.3 is 5.97 Å². The van der Waals surface area contributed by atoms with Crippen LogP contribution >= 0.6 is 0 Å². The molecule has 27 heavy (non-hydrogen) atoms. The van der Waals surface area contributed by atoms with Crippen molar-refractivity contribution in [2.24, 2.45) is 0 Å². The van der Waals surface area contributed by atoms with Gasteiger partial charge in [0.25, 0.3) is 18.0 Å². The molecule has 0 saturated carbocycles. The first-order valence-electron chi connectivity index (χ1n) is 8.29. The maximum Gasteiger partial charge on any atom is 0.340 e. The van der Waals surface area contributed by atoms with Gasteiger partial charge in [0.1, 0.15) is 5.69 Å². The highest BCUT2D eigenvalue weighted by Gasteiger charge is 2.36. The Labute approximate surface area is 152 Å². The fourth-order valence-corrected chi connectivity index (χ4v) is 2.77. The van der Waals surface area contributed by atoms with E-state index in [2.05, 4.69) is 5.32 Å². The number of halogens is 4. The molecule has 0 amide bonds. The Morgan fingerprint density at radius 3 is 2.52 bits per heavy atom. The molecule has 1 saturated heterocycles. The van der Waals surface area contributed by atoms with Crippen LogP contribution in [0.4, 0.5) is 34.6 Å². The summed E-state index contributed by atoms with van der Waals surface area (Å²) in [4.78, 5) is 24.2. The highest BCUT2D eigenvalue weighted by atomic mass is 19.3. The number of nitrogens with one attached hydrogen (secondary N) is 1. The van der Waals surface area contributed by atoms with Gasteiger partial charge in [0.15, 0.2) is 0 Å². The Balaban J connectivity index is 2.48. The number of nitrogens with zero attached hydrogens (tertiary/aromatic N) is 2. The maximum atomic E-state index is 13.4. The SMILES string of the molecule is CCOC(=O)c1cc([N+](=O)[O-])c(NCC(F)F)cc1N1CCC(F)(F)CC1. The van der Waals surface area contributed by atoms with Gasteiger partial charge < -0.3 is 15.0 Å². The van der Waals surface area contributed by atoms with Crippen LogP contribution in [-0.2, 0) is 4.74 Å². The van der Waals surface area contributed by atoms with E-state index < -0.39 is 48.3 Å². The summed E-state index contributed by atoms with van der Waals surface area (Å²) >= 11 is 0. The van der Waals surface area contributed by atoms with Gasteiger partial charge in [-0.25, -0.2) is 22.4 Å². The Kier molecular flexibility index (Phi) is 6.45. The average Bonchev–Trinajstić information content (AvgIpc) is 2.59. The Hall–Kier alpha value is -2.59. The van der Waals surface area contributed by atoms with Crippen LogP contribution < -0.4 is 10.2 Å². The number of ether oxygens (including phenoxy) is 1. The fourth-order valence-electron chi connectivity index (χ4n) is 2.77. The van der Waals surface area contributed by atoms with E-state index in [1.165, 1.54) is 4.90 Å². The van der Waals surface area contributed by atoms with Crippen molar-refractivity contribution in [1.82, 2.24) is 0 Å². The van der Waals surface area contributed by atoms with Crippen molar-refractivity contribution >= 4 is 23.0 Å². The summed E-state index contributed by atoms with van der Waals surface area (Å²) in [5.74, 6) is -3.69. The van der Waals surface area contributed by atoms with E-state index in [-0.39, 0.29) is 36.6 Å². The van der Waals surface area contributed by atoms with E-state index in [1.54, 1.807) is 6.92 Å². The Morgan fingerprint density at radius 1 is 1.37 bits per heavy atom. The molecule has 1 heterocycles. The summed E-state index contributed by atoms with van der Waals surface area (Å²) in [7, 11) is 0. The highest BCUT2D eigenvalue weighted by Crippen LogP contribution is 2.37. The smallest absolute Gasteiger partial charge is 0.340 e. The minimum Gasteiger partial charge on any atom is -0.462 e. The second kappa shape index (κ2) is 8.40. The summed E-state index contributed by atoms with van der Waals surface area (Å²) < 4.78 is 56.8. The largest absolute Gasteiger partial charge is 0.462 e. The van der Waals surface area contributed by atoms with Gasteiger partial charge in [0, 0.05) is 32.0 Å². The average molecular weight is 393 g/mol. The Morgan fingerprint density at radius 2 is 2.00 bits per heavy atom. The lowest BCUT2D eigenvalue weighted by atomic mass is 10.0. The standard InChI is InChI=1S/C16H19F4N3O4/c1-2-27-15(24)10-7-13(23(25)26)11(21-9-14(17)18)8-12(10)22-5-3-16(19,20)4-6-22/h7-8,14,21H,2-6,9H2,1H3. The first kappa shape index (κ1) is 20.7. The molecular weight excluding hydrogens is 374 g/mol. The number of piperidine rings is 1. The van der Waals surface area contributed by atoms with Crippen molar-refractivity contribution in [2.75, 3.05) is 36.5 Å². The number of alkyl halides is 4. The molecule has 0 radical (unpaired) electrons. The van der Waals surface area contributed by atoms with Crippen LogP contribution in [0.15, 0.2) is 12.1 Å². The van der Waals surface area contributed by atoms with Gasteiger partial charge in [0.2, 0.25) is 0 Å². The molecule has 7 nitrogen and oxygen atoms in total. The van der Waals surface area contributed by atoms with Crippen molar-refractivity contribution in [3.8, 4) is 0 Å². The molecule has 0 unspecified atom stereocenters. The molecule has 1 N–H and O–H groups in total. The number of nitro benzene ring substituents is 1. The van der Waals surface area contributed by atoms with Gasteiger partial charge in [0.05, 0.1) is 29.3 Å². The lowest BCUT2D eigenvalue weighted by molar-refractivity contribution is -0.384. The first-order chi connectivity index (χ1) is 12.6. The number of carbonyl (C=O) groups is 1. The number of esters is 1. The molecule has 1 aromatic rings. The lowest BCUT2D eigenvalue weighted by Crippen LogP contribution is -2.40. The van der Waals surface area contributed by atoms with Gasteiger partial charge in [-0.2, -0.15) is 0 Å². The second-order valence-corrected chi connectivity index (χ2v) is 5.98. The molecule has 0 atom stereocenters. The summed E-state index contributed by atoms with van der Waals surface area (Å²) in [6.07, 6.45) is -3.66. The number of hydrogen-bond acceptors (Lipinski definition) is 6. The van der Waals surface area contributed by atoms with E-state index >= 15 is 0 Å². The second-order valence-electron chi connectivity index (χ2n) is 5.98. The number of rotatable bonds is 7.